The molecule has 0 rings (SSSR count). The highest BCUT2D eigenvalue weighted by Crippen LogP contribution is 2.25. The van der Waals surface area contributed by atoms with Crippen LogP contribution in [0, 0.1) is 16.2 Å². The predicted molar refractivity (Wildman–Crippen MR) is 45.9 cm³/mol. The maximum absolute atomic E-state index is 10.5. The molecule has 4 nitrogen and oxygen atoms in total. The van der Waals surface area contributed by atoms with Crippen molar-refractivity contribution in [2.45, 2.75) is 27.2 Å². The Labute approximate surface area is 71.9 Å². The number of rotatable bonds is 5. The minimum atomic E-state index is -0.825. The third-order valence-corrected chi connectivity index (χ3v) is 1.77. The van der Waals surface area contributed by atoms with Gasteiger partial charge < -0.3 is 5.11 Å². The van der Waals surface area contributed by atoms with Gasteiger partial charge in [0.2, 0.25) is 0 Å². The van der Waals surface area contributed by atoms with Gasteiger partial charge in [-0.3, -0.25) is 4.79 Å². The minimum absolute atomic E-state index is 0.171. The van der Waals surface area contributed by atoms with Gasteiger partial charge in [-0.15, -0.1) is 0 Å². The highest BCUT2D eigenvalue weighted by Gasteiger charge is 2.24. The van der Waals surface area contributed by atoms with Crippen LogP contribution in [0.2, 0.25) is 0 Å². The predicted octanol–water partition coefficient (Wildman–Crippen LogP) is 1.89. The average Bonchev–Trinajstić information content (AvgIpc) is 1.85. The number of carboxylic acids is 1. The fraction of sp³-hybridized carbons (Fsp3) is 0.875. The first-order chi connectivity index (χ1) is 5.39. The Kier molecular flexibility index (Phi) is 3.86. The van der Waals surface area contributed by atoms with Crippen molar-refractivity contribution in [1.29, 1.82) is 0 Å². The molecule has 0 aromatic heterocycles. The van der Waals surface area contributed by atoms with E-state index in [0.717, 1.165) is 0 Å². The molecule has 12 heavy (non-hydrogen) atoms. The van der Waals surface area contributed by atoms with E-state index in [0.29, 0.717) is 6.42 Å². The SMILES string of the molecule is CC(CC(C)(C)CN=O)C(=O)O. The number of hydrogen-bond acceptors (Lipinski definition) is 3. The van der Waals surface area contributed by atoms with Crippen LogP contribution in [0.15, 0.2) is 5.18 Å². The fourth-order valence-electron chi connectivity index (χ4n) is 1.16. The van der Waals surface area contributed by atoms with E-state index in [-0.39, 0.29) is 12.0 Å². The van der Waals surface area contributed by atoms with Crippen LogP contribution in [0.5, 0.6) is 0 Å². The number of aliphatic carboxylic acids is 1. The first-order valence-electron chi connectivity index (χ1n) is 3.91. The molecule has 0 saturated carbocycles. The molecule has 0 aromatic rings. The van der Waals surface area contributed by atoms with Gasteiger partial charge in [-0.25, -0.2) is 0 Å². The van der Waals surface area contributed by atoms with Crippen LogP contribution < -0.4 is 0 Å². The lowest BCUT2D eigenvalue weighted by molar-refractivity contribution is -0.142. The molecule has 0 fully saturated rings. The van der Waals surface area contributed by atoms with E-state index in [4.69, 9.17) is 5.11 Å². The summed E-state index contributed by atoms with van der Waals surface area (Å²) in [6.07, 6.45) is 0.480. The number of nitrogens with zero attached hydrogens (tertiary/aromatic N) is 1. The van der Waals surface area contributed by atoms with Gasteiger partial charge in [-0.05, 0) is 11.8 Å². The van der Waals surface area contributed by atoms with Gasteiger partial charge in [0.25, 0.3) is 0 Å². The monoisotopic (exact) mass is 173 g/mol. The fourth-order valence-corrected chi connectivity index (χ4v) is 1.16. The zero-order valence-electron chi connectivity index (χ0n) is 7.70. The number of carbonyl (C=O) groups is 1. The number of carboxylic acid groups (broad SMARTS) is 1. The van der Waals surface area contributed by atoms with E-state index >= 15 is 0 Å². The van der Waals surface area contributed by atoms with Crippen molar-refractivity contribution >= 4 is 5.97 Å². The largest absolute Gasteiger partial charge is 0.481 e. The van der Waals surface area contributed by atoms with Crippen LogP contribution in [-0.2, 0) is 4.79 Å². The first kappa shape index (κ1) is 11.1. The average molecular weight is 173 g/mol. The Morgan fingerprint density at radius 3 is 2.42 bits per heavy atom. The molecule has 0 aliphatic rings. The molecule has 0 aliphatic carbocycles. The highest BCUT2D eigenvalue weighted by molar-refractivity contribution is 5.69. The second-order valence-electron chi connectivity index (χ2n) is 3.89. The third-order valence-electron chi connectivity index (χ3n) is 1.77. The quantitative estimate of drug-likeness (QED) is 0.645. The normalized spacial score (nSPS) is 13.9. The van der Waals surface area contributed by atoms with Gasteiger partial charge in [0.1, 0.15) is 0 Å². The molecule has 0 amide bonds. The van der Waals surface area contributed by atoms with Crippen molar-refractivity contribution in [1.82, 2.24) is 0 Å². The maximum Gasteiger partial charge on any atom is 0.306 e. The standard InChI is InChI=1S/C8H15NO3/c1-6(7(10)11)4-8(2,3)5-9-12/h6H,4-5H2,1-3H3,(H,10,11). The summed E-state index contributed by atoms with van der Waals surface area (Å²) < 4.78 is 0. The number of nitroso groups, excluding NO2 is 1. The van der Waals surface area contributed by atoms with Crippen LogP contribution in [-0.4, -0.2) is 17.6 Å². The molecule has 0 spiro atoms. The van der Waals surface area contributed by atoms with Gasteiger partial charge in [0, 0.05) is 0 Å². The zero-order chi connectivity index (χ0) is 9.78. The van der Waals surface area contributed by atoms with Crippen molar-refractivity contribution in [2.75, 3.05) is 6.54 Å². The van der Waals surface area contributed by atoms with Crippen LogP contribution in [0.3, 0.4) is 0 Å². The summed E-state index contributed by atoms with van der Waals surface area (Å²) in [5.74, 6) is -1.24. The number of hydrogen-bond donors (Lipinski definition) is 1. The lowest BCUT2D eigenvalue weighted by Crippen LogP contribution is -2.23. The highest BCUT2D eigenvalue weighted by atomic mass is 16.4. The minimum Gasteiger partial charge on any atom is -0.481 e. The molecule has 1 atom stereocenters. The van der Waals surface area contributed by atoms with Crippen molar-refractivity contribution in [2.24, 2.45) is 16.5 Å². The van der Waals surface area contributed by atoms with Gasteiger partial charge >= 0.3 is 5.97 Å². The summed E-state index contributed by atoms with van der Waals surface area (Å²) in [5, 5.41) is 11.4. The molecule has 0 aliphatic heterocycles. The molecular formula is C8H15NO3. The lowest BCUT2D eigenvalue weighted by atomic mass is 9.83. The van der Waals surface area contributed by atoms with Crippen LogP contribution in [0.25, 0.3) is 0 Å². The van der Waals surface area contributed by atoms with Gasteiger partial charge in [-0.1, -0.05) is 25.9 Å². The van der Waals surface area contributed by atoms with E-state index < -0.39 is 11.9 Å². The van der Waals surface area contributed by atoms with E-state index in [9.17, 15) is 9.70 Å². The van der Waals surface area contributed by atoms with E-state index in [1.165, 1.54) is 0 Å². The Morgan fingerprint density at radius 1 is 1.58 bits per heavy atom. The van der Waals surface area contributed by atoms with Gasteiger partial charge in [0.15, 0.2) is 0 Å². The van der Waals surface area contributed by atoms with E-state index in [2.05, 4.69) is 5.18 Å². The molecule has 0 saturated heterocycles. The Balaban J connectivity index is 4.04. The van der Waals surface area contributed by atoms with Crippen molar-refractivity contribution in [3.05, 3.63) is 4.91 Å². The van der Waals surface area contributed by atoms with Gasteiger partial charge in [0.05, 0.1) is 12.5 Å². The summed E-state index contributed by atoms with van der Waals surface area (Å²) in [6.45, 7) is 5.49. The molecule has 70 valence electrons. The van der Waals surface area contributed by atoms with Crippen LogP contribution in [0.4, 0.5) is 0 Å². The molecule has 1 N–H and O–H groups in total. The van der Waals surface area contributed by atoms with E-state index in [1.807, 2.05) is 13.8 Å². The Morgan fingerprint density at radius 2 is 2.08 bits per heavy atom. The lowest BCUT2D eigenvalue weighted by Gasteiger charge is -2.22. The van der Waals surface area contributed by atoms with Crippen molar-refractivity contribution in [3.8, 4) is 0 Å². The third kappa shape index (κ3) is 4.05. The smallest absolute Gasteiger partial charge is 0.306 e. The van der Waals surface area contributed by atoms with E-state index in [1.54, 1.807) is 6.92 Å². The molecule has 0 radical (unpaired) electrons. The Bertz CT molecular complexity index is 177. The first-order valence-corrected chi connectivity index (χ1v) is 3.91. The molecule has 0 heterocycles. The summed E-state index contributed by atoms with van der Waals surface area (Å²) >= 11 is 0. The topological polar surface area (TPSA) is 66.7 Å². The zero-order valence-corrected chi connectivity index (χ0v) is 7.70. The summed E-state index contributed by atoms with van der Waals surface area (Å²) in [5.41, 5.74) is -0.306. The summed E-state index contributed by atoms with van der Waals surface area (Å²) in [6, 6.07) is 0. The summed E-state index contributed by atoms with van der Waals surface area (Å²) in [4.78, 5) is 20.4. The molecular weight excluding hydrogens is 158 g/mol. The van der Waals surface area contributed by atoms with Crippen LogP contribution >= 0.6 is 0 Å². The molecule has 0 aromatic carbocycles. The second-order valence-corrected chi connectivity index (χ2v) is 3.89. The molecule has 1 unspecified atom stereocenters. The Hall–Kier alpha value is -0.930. The summed E-state index contributed by atoms with van der Waals surface area (Å²) in [7, 11) is 0. The molecule has 4 heteroatoms. The maximum atomic E-state index is 10.5. The van der Waals surface area contributed by atoms with Gasteiger partial charge in [-0.2, -0.15) is 4.91 Å². The van der Waals surface area contributed by atoms with Crippen LogP contribution in [0.1, 0.15) is 27.2 Å². The molecule has 0 bridgehead atoms. The van der Waals surface area contributed by atoms with Crippen molar-refractivity contribution < 1.29 is 9.90 Å². The van der Waals surface area contributed by atoms with Crippen molar-refractivity contribution in [3.63, 3.8) is 0 Å². The second kappa shape index (κ2) is 4.18.